The number of amides is 1. The second kappa shape index (κ2) is 8.97. The average Bonchev–Trinajstić information content (AvgIpc) is 3.41. The molecule has 0 radical (unpaired) electrons. The van der Waals surface area contributed by atoms with Gasteiger partial charge in [-0.05, 0) is 58.6 Å². The molecule has 1 aliphatic carbocycles. The van der Waals surface area contributed by atoms with Crippen molar-refractivity contribution < 1.29 is 9.90 Å². The number of carbonyl (C=O) groups excluding carboxylic acids is 1. The van der Waals surface area contributed by atoms with Crippen molar-refractivity contribution in [3.8, 4) is 27.5 Å². The molecule has 33 heavy (non-hydrogen) atoms. The first kappa shape index (κ1) is 21.6. The fraction of sp³-hybridized carbons (Fsp3) is 0.174. The highest BCUT2D eigenvalue weighted by atomic mass is 79.9. The second-order valence-corrected chi connectivity index (χ2v) is 9.28. The van der Waals surface area contributed by atoms with Gasteiger partial charge in [0.1, 0.15) is 6.61 Å². The van der Waals surface area contributed by atoms with Crippen molar-refractivity contribution in [2.75, 3.05) is 19.0 Å². The molecular weight excluding hydrogens is 504 g/mol. The zero-order valence-electron chi connectivity index (χ0n) is 17.6. The number of hydrogen-bond acceptors (Lipinski definition) is 7. The van der Waals surface area contributed by atoms with Crippen molar-refractivity contribution in [1.29, 1.82) is 0 Å². The van der Waals surface area contributed by atoms with E-state index in [4.69, 9.17) is 10.2 Å². The molecule has 0 saturated carbocycles. The first-order chi connectivity index (χ1) is 16.1. The maximum absolute atomic E-state index is 11.7. The third-order valence-corrected chi connectivity index (χ3v) is 6.97. The molecule has 1 aliphatic rings. The van der Waals surface area contributed by atoms with E-state index >= 15 is 0 Å². The number of aryl methyl sites for hydroxylation is 1. The molecule has 8 nitrogen and oxygen atoms in total. The molecule has 10 heteroatoms. The third-order valence-electron chi connectivity index (χ3n) is 5.31. The van der Waals surface area contributed by atoms with Crippen LogP contribution in [-0.4, -0.2) is 50.6 Å². The zero-order valence-corrected chi connectivity index (χ0v) is 20.0. The standard InChI is InChI=1S/C23H19BrN6O2S/c1-25-10-13-4-7-18(16(24)9-13)30-21-15(20(29-30)14-3-2-8-26-11-14)5-6-17-22(21)33-23(27-17)28-19(32)12-31/h2-4,7-11,31H,5-6,12H2,1H3,(H,27,28,32). The molecule has 0 aliphatic heterocycles. The van der Waals surface area contributed by atoms with E-state index in [0.29, 0.717) is 5.13 Å². The van der Waals surface area contributed by atoms with Gasteiger partial charge in [-0.1, -0.05) is 17.4 Å². The number of aliphatic hydroxyl groups is 1. The summed E-state index contributed by atoms with van der Waals surface area (Å²) in [5.74, 6) is -0.484. The average molecular weight is 523 g/mol. The minimum atomic E-state index is -0.584. The summed E-state index contributed by atoms with van der Waals surface area (Å²) in [6.45, 7) is -0.584. The lowest BCUT2D eigenvalue weighted by molar-refractivity contribution is -0.118. The van der Waals surface area contributed by atoms with Gasteiger partial charge in [0, 0.05) is 41.3 Å². The number of nitrogens with one attached hydrogen (secondary N) is 1. The van der Waals surface area contributed by atoms with Crippen LogP contribution in [0.2, 0.25) is 0 Å². The number of fused-ring (bicyclic) bond motifs is 3. The van der Waals surface area contributed by atoms with Crippen molar-refractivity contribution in [2.24, 2.45) is 4.99 Å². The molecule has 3 aromatic heterocycles. The van der Waals surface area contributed by atoms with E-state index in [1.54, 1.807) is 19.5 Å². The number of thiazole rings is 1. The van der Waals surface area contributed by atoms with Crippen molar-refractivity contribution in [2.45, 2.75) is 12.8 Å². The number of rotatable bonds is 5. The molecule has 0 spiro atoms. The van der Waals surface area contributed by atoms with Crippen molar-refractivity contribution in [3.63, 3.8) is 0 Å². The van der Waals surface area contributed by atoms with Gasteiger partial charge in [0.15, 0.2) is 5.13 Å². The predicted molar refractivity (Wildman–Crippen MR) is 132 cm³/mol. The van der Waals surface area contributed by atoms with Gasteiger partial charge in [0.25, 0.3) is 5.91 Å². The Morgan fingerprint density at radius 2 is 2.24 bits per heavy atom. The van der Waals surface area contributed by atoms with Crippen LogP contribution in [0.4, 0.5) is 5.13 Å². The van der Waals surface area contributed by atoms with E-state index < -0.39 is 12.5 Å². The maximum Gasteiger partial charge on any atom is 0.251 e. The Morgan fingerprint density at radius 3 is 2.97 bits per heavy atom. The quantitative estimate of drug-likeness (QED) is 0.386. The second-order valence-electron chi connectivity index (χ2n) is 7.43. The highest BCUT2D eigenvalue weighted by Gasteiger charge is 2.30. The normalized spacial score (nSPS) is 12.6. The molecule has 0 saturated heterocycles. The summed E-state index contributed by atoms with van der Waals surface area (Å²) < 4.78 is 2.82. The Labute approximate surface area is 202 Å². The number of aliphatic hydroxyl groups excluding tert-OH is 1. The van der Waals surface area contributed by atoms with E-state index in [1.807, 2.05) is 41.2 Å². The Morgan fingerprint density at radius 1 is 1.36 bits per heavy atom. The Balaban J connectivity index is 1.71. The molecule has 1 amide bonds. The number of hydrogen-bond donors (Lipinski definition) is 2. The number of halogens is 1. The molecule has 3 heterocycles. The summed E-state index contributed by atoms with van der Waals surface area (Å²) in [5, 5.41) is 17.3. The van der Waals surface area contributed by atoms with Gasteiger partial charge in [0.05, 0.1) is 27.6 Å². The first-order valence-electron chi connectivity index (χ1n) is 10.2. The molecule has 0 unspecified atom stereocenters. The minimum absolute atomic E-state index is 0.469. The van der Waals surface area contributed by atoms with Crippen LogP contribution in [0.3, 0.4) is 0 Å². The van der Waals surface area contributed by atoms with Gasteiger partial charge in [-0.2, -0.15) is 5.10 Å². The van der Waals surface area contributed by atoms with Gasteiger partial charge in [0.2, 0.25) is 0 Å². The van der Waals surface area contributed by atoms with Crippen molar-refractivity contribution >= 4 is 44.5 Å². The van der Waals surface area contributed by atoms with E-state index in [1.165, 1.54) is 11.3 Å². The number of aromatic nitrogens is 4. The lowest BCUT2D eigenvalue weighted by Gasteiger charge is -2.15. The van der Waals surface area contributed by atoms with Crippen LogP contribution < -0.4 is 5.32 Å². The highest BCUT2D eigenvalue weighted by Crippen LogP contribution is 2.44. The number of anilines is 1. The third kappa shape index (κ3) is 4.01. The van der Waals surface area contributed by atoms with Crippen molar-refractivity contribution in [1.82, 2.24) is 19.7 Å². The van der Waals surface area contributed by atoms with Gasteiger partial charge >= 0.3 is 0 Å². The van der Waals surface area contributed by atoms with Gasteiger partial charge < -0.3 is 5.11 Å². The fourth-order valence-electron chi connectivity index (χ4n) is 3.92. The predicted octanol–water partition coefficient (Wildman–Crippen LogP) is 3.90. The SMILES string of the molecule is CN=Cc1ccc(-n2nc(-c3cccnc3)c3c2-c2sc(NC(=O)CO)nc2CC3)c(Br)c1. The van der Waals surface area contributed by atoms with Crippen molar-refractivity contribution in [3.05, 3.63) is 64.0 Å². The first-order valence-corrected chi connectivity index (χ1v) is 11.8. The molecule has 1 aromatic carbocycles. The number of benzene rings is 1. The van der Waals surface area contributed by atoms with Gasteiger partial charge in [-0.15, -0.1) is 0 Å². The molecule has 0 bridgehead atoms. The molecule has 2 N–H and O–H groups in total. The summed E-state index contributed by atoms with van der Waals surface area (Å²) in [4.78, 5) is 25.6. The molecule has 5 rings (SSSR count). The van der Waals surface area contributed by atoms with Crippen LogP contribution in [0.15, 0.2) is 52.2 Å². The maximum atomic E-state index is 11.7. The number of nitrogens with zero attached hydrogens (tertiary/aromatic N) is 5. The van der Waals surface area contributed by atoms with E-state index in [0.717, 1.165) is 61.7 Å². The molecule has 0 fully saturated rings. The molecule has 4 aromatic rings. The topological polar surface area (TPSA) is 105 Å². The summed E-state index contributed by atoms with van der Waals surface area (Å²) in [7, 11) is 1.74. The van der Waals surface area contributed by atoms with E-state index in [2.05, 4.69) is 36.2 Å². The number of aliphatic imine (C=N–C) groups is 1. The summed E-state index contributed by atoms with van der Waals surface area (Å²) in [5.41, 5.74) is 6.67. The number of carbonyl (C=O) groups is 1. The molecular formula is C23H19BrN6O2S. The minimum Gasteiger partial charge on any atom is -0.387 e. The van der Waals surface area contributed by atoms with Crippen LogP contribution >= 0.6 is 27.3 Å². The van der Waals surface area contributed by atoms with Gasteiger partial charge in [-0.3, -0.25) is 20.1 Å². The van der Waals surface area contributed by atoms with E-state index in [-0.39, 0.29) is 0 Å². The molecule has 166 valence electrons. The summed E-state index contributed by atoms with van der Waals surface area (Å²) in [6.07, 6.45) is 6.86. The Hall–Kier alpha value is -3.21. The van der Waals surface area contributed by atoms with E-state index in [9.17, 15) is 4.79 Å². The van der Waals surface area contributed by atoms with Gasteiger partial charge in [-0.25, -0.2) is 9.67 Å². The van der Waals surface area contributed by atoms with Crippen LogP contribution in [0, 0.1) is 0 Å². The lowest BCUT2D eigenvalue weighted by atomic mass is 9.95. The van der Waals surface area contributed by atoms with Crippen LogP contribution in [0.5, 0.6) is 0 Å². The summed E-state index contributed by atoms with van der Waals surface area (Å²) >= 11 is 5.09. The fourth-order valence-corrected chi connectivity index (χ4v) is 5.57. The van der Waals surface area contributed by atoms with Crippen LogP contribution in [0.1, 0.15) is 16.8 Å². The highest BCUT2D eigenvalue weighted by molar-refractivity contribution is 9.10. The Kier molecular flexibility index (Phi) is 5.88. The largest absolute Gasteiger partial charge is 0.387 e. The summed E-state index contributed by atoms with van der Waals surface area (Å²) in [6, 6.07) is 9.91. The van der Waals surface area contributed by atoms with Crippen LogP contribution in [0.25, 0.3) is 27.5 Å². The van der Waals surface area contributed by atoms with Crippen LogP contribution in [-0.2, 0) is 17.6 Å². The number of pyridine rings is 1. The lowest BCUT2D eigenvalue weighted by Crippen LogP contribution is -2.15. The Bertz CT molecular complexity index is 1380. The smallest absolute Gasteiger partial charge is 0.251 e. The monoisotopic (exact) mass is 522 g/mol. The zero-order chi connectivity index (χ0) is 22.9. The molecule has 0 atom stereocenters.